The first-order chi connectivity index (χ1) is 5.27. The van der Waals surface area contributed by atoms with E-state index < -0.39 is 0 Å². The SMILES string of the molecule is Cc1ccc2c(O)csc2c1. The van der Waals surface area contributed by atoms with Crippen molar-refractivity contribution in [3.63, 3.8) is 0 Å². The maximum atomic E-state index is 9.31. The molecule has 56 valence electrons. The molecule has 0 aliphatic heterocycles. The largest absolute Gasteiger partial charge is 0.506 e. The Kier molecular flexibility index (Phi) is 1.36. The number of aryl methyl sites for hydroxylation is 1. The van der Waals surface area contributed by atoms with E-state index in [0.717, 1.165) is 10.1 Å². The van der Waals surface area contributed by atoms with E-state index >= 15 is 0 Å². The molecule has 0 radical (unpaired) electrons. The van der Waals surface area contributed by atoms with Gasteiger partial charge in [-0.05, 0) is 24.6 Å². The van der Waals surface area contributed by atoms with E-state index in [1.807, 2.05) is 12.1 Å². The topological polar surface area (TPSA) is 20.2 Å². The summed E-state index contributed by atoms with van der Waals surface area (Å²) >= 11 is 1.58. The van der Waals surface area contributed by atoms with Gasteiger partial charge < -0.3 is 5.11 Å². The van der Waals surface area contributed by atoms with Crippen LogP contribution >= 0.6 is 11.3 Å². The second kappa shape index (κ2) is 2.24. The molecule has 1 heterocycles. The van der Waals surface area contributed by atoms with E-state index in [-0.39, 0.29) is 0 Å². The van der Waals surface area contributed by atoms with Crippen LogP contribution in [0.25, 0.3) is 10.1 Å². The van der Waals surface area contributed by atoms with Gasteiger partial charge in [0.2, 0.25) is 0 Å². The summed E-state index contributed by atoms with van der Waals surface area (Å²) in [6, 6.07) is 6.05. The molecule has 11 heavy (non-hydrogen) atoms. The van der Waals surface area contributed by atoms with Gasteiger partial charge in [-0.2, -0.15) is 0 Å². The standard InChI is InChI=1S/C9H8OS/c1-6-2-3-7-8(10)5-11-9(7)4-6/h2-5,10H,1H3. The number of rotatable bonds is 0. The first-order valence-corrected chi connectivity index (χ1v) is 4.32. The molecule has 0 atom stereocenters. The minimum atomic E-state index is 0.394. The predicted octanol–water partition coefficient (Wildman–Crippen LogP) is 2.92. The lowest BCUT2D eigenvalue weighted by Gasteiger charge is -1.91. The minimum absolute atomic E-state index is 0.394. The molecular formula is C9H8OS. The molecule has 0 saturated heterocycles. The van der Waals surface area contributed by atoms with Crippen LogP contribution in [0.4, 0.5) is 0 Å². The molecule has 1 aromatic carbocycles. The molecule has 0 aliphatic rings. The molecule has 0 unspecified atom stereocenters. The van der Waals surface area contributed by atoms with Crippen LogP contribution in [0.1, 0.15) is 5.56 Å². The third-order valence-corrected chi connectivity index (χ3v) is 2.64. The fourth-order valence-corrected chi connectivity index (χ4v) is 2.04. The summed E-state index contributed by atoms with van der Waals surface area (Å²) in [5, 5.41) is 12.0. The van der Waals surface area contributed by atoms with E-state index in [1.165, 1.54) is 5.56 Å². The molecule has 0 fully saturated rings. The minimum Gasteiger partial charge on any atom is -0.506 e. The molecule has 2 heteroatoms. The third kappa shape index (κ3) is 0.994. The first-order valence-electron chi connectivity index (χ1n) is 3.44. The van der Waals surface area contributed by atoms with Gasteiger partial charge in [0.1, 0.15) is 5.75 Å². The van der Waals surface area contributed by atoms with Crippen molar-refractivity contribution in [2.75, 3.05) is 0 Å². The summed E-state index contributed by atoms with van der Waals surface area (Å²) in [6.07, 6.45) is 0. The van der Waals surface area contributed by atoms with E-state index in [2.05, 4.69) is 13.0 Å². The molecule has 2 rings (SSSR count). The van der Waals surface area contributed by atoms with Gasteiger partial charge in [-0.1, -0.05) is 6.07 Å². The van der Waals surface area contributed by atoms with Crippen molar-refractivity contribution >= 4 is 21.4 Å². The van der Waals surface area contributed by atoms with Crippen LogP contribution in [0.2, 0.25) is 0 Å². The molecular weight excluding hydrogens is 156 g/mol. The van der Waals surface area contributed by atoms with Crippen molar-refractivity contribution in [2.24, 2.45) is 0 Å². The number of benzene rings is 1. The summed E-state index contributed by atoms with van der Waals surface area (Å²) in [6.45, 7) is 2.05. The van der Waals surface area contributed by atoms with Crippen LogP contribution in [-0.2, 0) is 0 Å². The Hall–Kier alpha value is -1.02. The van der Waals surface area contributed by atoms with Gasteiger partial charge in [-0.25, -0.2) is 0 Å². The van der Waals surface area contributed by atoms with Crippen LogP contribution in [0, 0.1) is 6.92 Å². The van der Waals surface area contributed by atoms with Gasteiger partial charge in [-0.3, -0.25) is 0 Å². The highest BCUT2D eigenvalue weighted by Gasteiger charge is 2.00. The van der Waals surface area contributed by atoms with Crippen molar-refractivity contribution in [1.82, 2.24) is 0 Å². The van der Waals surface area contributed by atoms with Crippen molar-refractivity contribution in [2.45, 2.75) is 6.92 Å². The van der Waals surface area contributed by atoms with E-state index in [4.69, 9.17) is 0 Å². The maximum absolute atomic E-state index is 9.31. The lowest BCUT2D eigenvalue weighted by molar-refractivity contribution is 0.483. The van der Waals surface area contributed by atoms with Gasteiger partial charge in [0.15, 0.2) is 0 Å². The molecule has 1 aromatic heterocycles. The lowest BCUT2D eigenvalue weighted by Crippen LogP contribution is -1.68. The Morgan fingerprint density at radius 1 is 1.36 bits per heavy atom. The Balaban J connectivity index is 2.86. The van der Waals surface area contributed by atoms with Crippen molar-refractivity contribution in [3.8, 4) is 5.75 Å². The van der Waals surface area contributed by atoms with Crippen LogP contribution in [0.15, 0.2) is 23.6 Å². The zero-order valence-corrected chi connectivity index (χ0v) is 6.98. The first kappa shape index (κ1) is 6.68. The van der Waals surface area contributed by atoms with Gasteiger partial charge in [0, 0.05) is 15.5 Å². The van der Waals surface area contributed by atoms with Crippen molar-refractivity contribution < 1.29 is 5.11 Å². The fraction of sp³-hybridized carbons (Fsp3) is 0.111. The maximum Gasteiger partial charge on any atom is 0.134 e. The number of hydrogen-bond acceptors (Lipinski definition) is 2. The summed E-state index contributed by atoms with van der Waals surface area (Å²) in [7, 11) is 0. The smallest absolute Gasteiger partial charge is 0.134 e. The zero-order valence-electron chi connectivity index (χ0n) is 6.16. The van der Waals surface area contributed by atoms with Crippen LogP contribution < -0.4 is 0 Å². The van der Waals surface area contributed by atoms with Gasteiger partial charge in [-0.15, -0.1) is 11.3 Å². The number of hydrogen-bond donors (Lipinski definition) is 1. The normalized spacial score (nSPS) is 10.6. The lowest BCUT2D eigenvalue weighted by atomic mass is 10.2. The molecule has 1 nitrogen and oxygen atoms in total. The second-order valence-corrected chi connectivity index (χ2v) is 3.53. The molecule has 0 spiro atoms. The molecule has 2 aromatic rings. The highest BCUT2D eigenvalue weighted by atomic mass is 32.1. The van der Waals surface area contributed by atoms with Crippen LogP contribution in [-0.4, -0.2) is 5.11 Å². The average molecular weight is 164 g/mol. The highest BCUT2D eigenvalue weighted by Crippen LogP contribution is 2.31. The number of fused-ring (bicyclic) bond motifs is 1. The summed E-state index contributed by atoms with van der Waals surface area (Å²) in [4.78, 5) is 0. The van der Waals surface area contributed by atoms with E-state index in [0.29, 0.717) is 5.75 Å². The Labute approximate surface area is 68.9 Å². The molecule has 0 aliphatic carbocycles. The van der Waals surface area contributed by atoms with Crippen molar-refractivity contribution in [3.05, 3.63) is 29.1 Å². The molecule has 0 bridgehead atoms. The second-order valence-electron chi connectivity index (χ2n) is 2.62. The Morgan fingerprint density at radius 3 is 3.00 bits per heavy atom. The molecule has 0 saturated carbocycles. The third-order valence-electron chi connectivity index (χ3n) is 1.71. The Bertz CT molecular complexity index is 389. The Morgan fingerprint density at radius 2 is 2.18 bits per heavy atom. The predicted molar refractivity (Wildman–Crippen MR) is 48.2 cm³/mol. The van der Waals surface area contributed by atoms with Gasteiger partial charge in [0.25, 0.3) is 0 Å². The zero-order chi connectivity index (χ0) is 7.84. The van der Waals surface area contributed by atoms with Gasteiger partial charge >= 0.3 is 0 Å². The monoisotopic (exact) mass is 164 g/mol. The van der Waals surface area contributed by atoms with Gasteiger partial charge in [0.05, 0.1) is 0 Å². The summed E-state index contributed by atoms with van der Waals surface area (Å²) in [5.41, 5.74) is 1.24. The summed E-state index contributed by atoms with van der Waals surface area (Å²) in [5.74, 6) is 0.394. The number of aromatic hydroxyl groups is 1. The highest BCUT2D eigenvalue weighted by molar-refractivity contribution is 7.17. The molecule has 0 amide bonds. The van der Waals surface area contributed by atoms with Crippen molar-refractivity contribution in [1.29, 1.82) is 0 Å². The van der Waals surface area contributed by atoms with E-state index in [1.54, 1.807) is 16.7 Å². The van der Waals surface area contributed by atoms with Crippen LogP contribution in [0.3, 0.4) is 0 Å². The fourth-order valence-electron chi connectivity index (χ4n) is 1.12. The van der Waals surface area contributed by atoms with E-state index in [9.17, 15) is 5.11 Å². The average Bonchev–Trinajstić information content (AvgIpc) is 2.32. The number of thiophene rings is 1. The molecule has 1 N–H and O–H groups in total. The summed E-state index contributed by atoms with van der Waals surface area (Å²) < 4.78 is 1.16. The quantitative estimate of drug-likeness (QED) is 0.634. The van der Waals surface area contributed by atoms with Crippen LogP contribution in [0.5, 0.6) is 5.75 Å².